The molecule has 86 valence electrons. The van der Waals surface area contributed by atoms with Crippen molar-refractivity contribution in [3.8, 4) is 0 Å². The summed E-state index contributed by atoms with van der Waals surface area (Å²) in [6.45, 7) is -3.32. The molecular weight excluding hydrogens is 232 g/mol. The van der Waals surface area contributed by atoms with Gasteiger partial charge >= 0.3 is 16.6 Å². The van der Waals surface area contributed by atoms with Gasteiger partial charge in [-0.15, -0.1) is 0 Å². The maximum absolute atomic E-state index is 11.5. The highest BCUT2D eigenvalue weighted by Crippen LogP contribution is 2.16. The van der Waals surface area contributed by atoms with Crippen LogP contribution in [0.3, 0.4) is 0 Å². The fourth-order valence-corrected chi connectivity index (χ4v) is 1.06. The molecule has 0 atom stereocenters. The van der Waals surface area contributed by atoms with Gasteiger partial charge in [-0.2, -0.15) is 21.6 Å². The Morgan fingerprint density at radius 1 is 1.14 bits per heavy atom. The highest BCUT2D eigenvalue weighted by molar-refractivity contribution is 7.81. The van der Waals surface area contributed by atoms with Gasteiger partial charge in [0.15, 0.2) is 6.61 Å². The molecule has 0 fully saturated rings. The van der Waals surface area contributed by atoms with Crippen molar-refractivity contribution in [3.05, 3.63) is 0 Å². The van der Waals surface area contributed by atoms with Crippen LogP contribution in [0.1, 0.15) is 6.42 Å². The summed E-state index contributed by atoms with van der Waals surface area (Å²) in [5.41, 5.74) is 0. The molecule has 0 aliphatic heterocycles. The third-order valence-corrected chi connectivity index (χ3v) is 1.73. The van der Waals surface area contributed by atoms with Gasteiger partial charge in [-0.1, -0.05) is 0 Å². The zero-order chi connectivity index (χ0) is 11.2. The van der Waals surface area contributed by atoms with Crippen molar-refractivity contribution >= 4 is 10.4 Å². The molecule has 14 heavy (non-hydrogen) atoms. The van der Waals surface area contributed by atoms with Crippen molar-refractivity contribution in [2.24, 2.45) is 0 Å². The molecule has 0 saturated carbocycles. The van der Waals surface area contributed by atoms with Gasteiger partial charge in [0.1, 0.15) is 0 Å². The third kappa shape index (κ3) is 8.20. The van der Waals surface area contributed by atoms with Gasteiger partial charge in [-0.25, -0.2) is 8.37 Å². The average molecular weight is 240 g/mol. The molecule has 0 rings (SSSR count). The lowest BCUT2D eigenvalue weighted by Gasteiger charge is -2.07. The SMILES string of the molecule is O=S(=O)(OCCCF)OCC(F)(F)F. The van der Waals surface area contributed by atoms with Gasteiger partial charge in [0.2, 0.25) is 0 Å². The van der Waals surface area contributed by atoms with E-state index in [2.05, 4.69) is 8.37 Å². The van der Waals surface area contributed by atoms with Gasteiger partial charge in [-0.05, 0) is 0 Å². The number of halogens is 4. The Hall–Kier alpha value is -0.410. The van der Waals surface area contributed by atoms with Crippen molar-refractivity contribution < 1.29 is 34.3 Å². The molecule has 0 aromatic heterocycles. The lowest BCUT2D eigenvalue weighted by Crippen LogP contribution is -2.22. The number of hydrogen-bond donors (Lipinski definition) is 0. The Morgan fingerprint density at radius 3 is 2.14 bits per heavy atom. The summed E-state index contributed by atoms with van der Waals surface area (Å²) in [5, 5.41) is 0. The molecule has 0 spiro atoms. The Balaban J connectivity index is 3.85. The Kier molecular flexibility index (Phi) is 5.31. The van der Waals surface area contributed by atoms with E-state index in [0.29, 0.717) is 0 Å². The maximum atomic E-state index is 11.5. The van der Waals surface area contributed by atoms with Gasteiger partial charge in [0, 0.05) is 6.42 Å². The standard InChI is InChI=1S/C5H8F4O4S/c6-2-1-3-12-14(10,11)13-4-5(7,8)9/h1-4H2. The topological polar surface area (TPSA) is 52.6 Å². The van der Waals surface area contributed by atoms with Crippen molar-refractivity contribution in [2.75, 3.05) is 19.9 Å². The van der Waals surface area contributed by atoms with Crippen LogP contribution in [0.5, 0.6) is 0 Å². The van der Waals surface area contributed by atoms with Crippen LogP contribution in [0.2, 0.25) is 0 Å². The maximum Gasteiger partial charge on any atom is 0.413 e. The van der Waals surface area contributed by atoms with Crippen molar-refractivity contribution in [1.29, 1.82) is 0 Å². The zero-order valence-electron chi connectivity index (χ0n) is 6.88. The molecule has 0 saturated heterocycles. The molecule has 0 bridgehead atoms. The summed E-state index contributed by atoms with van der Waals surface area (Å²) >= 11 is 0. The largest absolute Gasteiger partial charge is 0.413 e. The molecule has 0 aromatic carbocycles. The minimum Gasteiger partial charge on any atom is -0.251 e. The number of hydrogen-bond acceptors (Lipinski definition) is 4. The quantitative estimate of drug-likeness (QED) is 0.517. The monoisotopic (exact) mass is 240 g/mol. The Morgan fingerprint density at radius 2 is 1.71 bits per heavy atom. The molecule has 4 nitrogen and oxygen atoms in total. The van der Waals surface area contributed by atoms with Crippen LogP contribution < -0.4 is 0 Å². The number of alkyl halides is 4. The van der Waals surface area contributed by atoms with E-state index in [4.69, 9.17) is 0 Å². The Labute approximate surface area is 78.1 Å². The summed E-state index contributed by atoms with van der Waals surface area (Å²) in [6.07, 6.45) is -4.98. The summed E-state index contributed by atoms with van der Waals surface area (Å²) < 4.78 is 74.1. The van der Waals surface area contributed by atoms with Crippen LogP contribution in [0.4, 0.5) is 17.6 Å². The first kappa shape index (κ1) is 13.6. The van der Waals surface area contributed by atoms with E-state index in [9.17, 15) is 26.0 Å². The number of rotatable bonds is 6. The summed E-state index contributed by atoms with van der Waals surface area (Å²) in [5.74, 6) is 0. The summed E-state index contributed by atoms with van der Waals surface area (Å²) in [7, 11) is -4.67. The van der Waals surface area contributed by atoms with E-state index >= 15 is 0 Å². The van der Waals surface area contributed by atoms with Gasteiger partial charge in [0.05, 0.1) is 13.3 Å². The van der Waals surface area contributed by atoms with E-state index in [1.165, 1.54) is 0 Å². The molecule has 0 radical (unpaired) electrons. The van der Waals surface area contributed by atoms with Crippen LogP contribution in [0.25, 0.3) is 0 Å². The van der Waals surface area contributed by atoms with Crippen LogP contribution in [-0.4, -0.2) is 34.5 Å². The van der Waals surface area contributed by atoms with E-state index in [0.717, 1.165) is 0 Å². The van der Waals surface area contributed by atoms with Gasteiger partial charge < -0.3 is 0 Å². The molecule has 0 heterocycles. The fraction of sp³-hybridized carbons (Fsp3) is 1.00. The lowest BCUT2D eigenvalue weighted by atomic mass is 10.5. The minimum atomic E-state index is -4.75. The predicted octanol–water partition coefficient (Wildman–Crippen LogP) is 1.19. The smallest absolute Gasteiger partial charge is 0.251 e. The Bertz CT molecular complexity index is 247. The van der Waals surface area contributed by atoms with Crippen LogP contribution in [0.15, 0.2) is 0 Å². The first-order chi connectivity index (χ1) is 6.27. The van der Waals surface area contributed by atoms with Crippen LogP contribution >= 0.6 is 0 Å². The molecule has 0 amide bonds. The molecular formula is C5H8F4O4S. The van der Waals surface area contributed by atoms with Gasteiger partial charge in [-0.3, -0.25) is 4.39 Å². The third-order valence-electron chi connectivity index (χ3n) is 0.873. The van der Waals surface area contributed by atoms with Crippen molar-refractivity contribution in [1.82, 2.24) is 0 Å². The first-order valence-electron chi connectivity index (χ1n) is 3.43. The summed E-state index contributed by atoms with van der Waals surface area (Å²) in [6, 6.07) is 0. The van der Waals surface area contributed by atoms with E-state index in [1.54, 1.807) is 0 Å². The highest BCUT2D eigenvalue weighted by Gasteiger charge is 2.31. The molecule has 0 aliphatic rings. The van der Waals surface area contributed by atoms with E-state index < -0.39 is 36.5 Å². The molecule has 0 aliphatic carbocycles. The van der Waals surface area contributed by atoms with Crippen LogP contribution in [-0.2, 0) is 18.8 Å². The molecule has 0 N–H and O–H groups in total. The normalized spacial score (nSPS) is 13.1. The minimum absolute atomic E-state index is 0.228. The molecule has 0 unspecified atom stereocenters. The second kappa shape index (κ2) is 5.47. The second-order valence-electron chi connectivity index (χ2n) is 2.15. The van der Waals surface area contributed by atoms with Crippen molar-refractivity contribution in [2.45, 2.75) is 12.6 Å². The fourth-order valence-electron chi connectivity index (χ4n) is 0.389. The molecule has 9 heteroatoms. The van der Waals surface area contributed by atoms with E-state index in [1.807, 2.05) is 0 Å². The van der Waals surface area contributed by atoms with Crippen LogP contribution in [0, 0.1) is 0 Å². The summed E-state index contributed by atoms with van der Waals surface area (Å²) in [4.78, 5) is 0. The van der Waals surface area contributed by atoms with Gasteiger partial charge in [0.25, 0.3) is 0 Å². The molecule has 0 aromatic rings. The highest BCUT2D eigenvalue weighted by atomic mass is 32.3. The predicted molar refractivity (Wildman–Crippen MR) is 37.5 cm³/mol. The lowest BCUT2D eigenvalue weighted by molar-refractivity contribution is -0.154. The van der Waals surface area contributed by atoms with E-state index in [-0.39, 0.29) is 6.42 Å². The first-order valence-corrected chi connectivity index (χ1v) is 4.77. The average Bonchev–Trinajstić information content (AvgIpc) is 2.00. The van der Waals surface area contributed by atoms with Crippen molar-refractivity contribution in [3.63, 3.8) is 0 Å². The zero-order valence-corrected chi connectivity index (χ0v) is 7.70. The second-order valence-corrected chi connectivity index (χ2v) is 3.44.